The molecule has 0 bridgehead atoms. The highest BCUT2D eigenvalue weighted by Gasteiger charge is 2.20. The van der Waals surface area contributed by atoms with E-state index in [0.29, 0.717) is 30.0 Å². The van der Waals surface area contributed by atoms with Crippen LogP contribution in [0.3, 0.4) is 0 Å². The van der Waals surface area contributed by atoms with Crippen LogP contribution in [0.2, 0.25) is 0 Å². The van der Waals surface area contributed by atoms with Gasteiger partial charge in [-0.3, -0.25) is 4.79 Å². The topological polar surface area (TPSA) is 58.6 Å². The lowest BCUT2D eigenvalue weighted by Gasteiger charge is -2.12. The van der Waals surface area contributed by atoms with Gasteiger partial charge in [0, 0.05) is 4.88 Å². The molecule has 0 saturated carbocycles. The summed E-state index contributed by atoms with van der Waals surface area (Å²) in [6.45, 7) is 0.946. The molecule has 3 rings (SSSR count). The maximum absolute atomic E-state index is 11.9. The molecule has 104 valence electrons. The molecule has 0 radical (unpaired) electrons. The molecule has 0 fully saturated rings. The lowest BCUT2D eigenvalue weighted by molar-refractivity contribution is 0.0957. The van der Waals surface area contributed by atoms with E-state index in [1.807, 2.05) is 12.1 Å². The highest BCUT2D eigenvalue weighted by Crippen LogP contribution is 2.33. The summed E-state index contributed by atoms with van der Waals surface area (Å²) in [5.74, 6) is 0.391. The van der Waals surface area contributed by atoms with Gasteiger partial charge in [-0.1, -0.05) is 6.07 Å². The van der Waals surface area contributed by atoms with Crippen molar-refractivity contribution in [3.63, 3.8) is 0 Å². The Balaban J connectivity index is 1.97. The minimum absolute atomic E-state index is 0.168. The number of benzene rings is 1. The third-order valence-corrected chi connectivity index (χ3v) is 4.75. The monoisotopic (exact) mass is 353 g/mol. The first-order valence-electron chi connectivity index (χ1n) is 6.13. The normalized spacial score (nSPS) is 15.8. The number of aliphatic hydroxyl groups is 1. The summed E-state index contributed by atoms with van der Waals surface area (Å²) in [4.78, 5) is 12.8. The van der Waals surface area contributed by atoms with Gasteiger partial charge < -0.3 is 15.2 Å². The number of hydrogen-bond acceptors (Lipinski definition) is 4. The molecular formula is C14H12BrNO3S. The van der Waals surface area contributed by atoms with Crippen LogP contribution in [-0.2, 0) is 0 Å². The largest absolute Gasteiger partial charge is 0.491 e. The van der Waals surface area contributed by atoms with Crippen molar-refractivity contribution in [2.75, 3.05) is 13.2 Å². The molecule has 1 aliphatic rings. The zero-order valence-corrected chi connectivity index (χ0v) is 12.8. The molecule has 0 aliphatic carbocycles. The number of carbonyl (C=O) groups is 1. The van der Waals surface area contributed by atoms with E-state index in [1.54, 1.807) is 18.2 Å². The van der Waals surface area contributed by atoms with Crippen LogP contribution in [0.4, 0.5) is 0 Å². The van der Waals surface area contributed by atoms with Gasteiger partial charge in [0.2, 0.25) is 0 Å². The number of fused-ring (bicyclic) bond motifs is 1. The average molecular weight is 354 g/mol. The highest BCUT2D eigenvalue weighted by molar-refractivity contribution is 9.11. The Hall–Kier alpha value is -1.37. The van der Waals surface area contributed by atoms with Crippen LogP contribution in [0.15, 0.2) is 34.1 Å². The van der Waals surface area contributed by atoms with Crippen molar-refractivity contribution in [2.45, 2.75) is 6.10 Å². The summed E-state index contributed by atoms with van der Waals surface area (Å²) >= 11 is 4.84. The van der Waals surface area contributed by atoms with Crippen molar-refractivity contribution >= 4 is 33.2 Å². The van der Waals surface area contributed by atoms with E-state index in [4.69, 9.17) is 4.74 Å². The Morgan fingerprint density at radius 3 is 2.95 bits per heavy atom. The molecule has 20 heavy (non-hydrogen) atoms. The predicted octanol–water partition coefficient (Wildman–Crippen LogP) is 2.71. The van der Waals surface area contributed by atoms with Crippen LogP contribution in [0.1, 0.15) is 26.9 Å². The molecule has 1 aliphatic heterocycles. The Labute approximate surface area is 128 Å². The van der Waals surface area contributed by atoms with E-state index >= 15 is 0 Å². The Bertz CT molecular complexity index is 656. The summed E-state index contributed by atoms with van der Waals surface area (Å²) in [5.41, 5.74) is 1.15. The van der Waals surface area contributed by atoms with E-state index in [-0.39, 0.29) is 5.91 Å². The third-order valence-electron chi connectivity index (χ3n) is 3.07. The molecule has 1 aromatic carbocycles. The van der Waals surface area contributed by atoms with Gasteiger partial charge in [0.1, 0.15) is 18.5 Å². The number of hydrogen-bond donors (Lipinski definition) is 2. The number of aliphatic hydroxyl groups excluding tert-OH is 1. The quantitative estimate of drug-likeness (QED) is 0.872. The maximum Gasteiger partial charge on any atom is 0.255 e. The van der Waals surface area contributed by atoms with E-state index in [9.17, 15) is 9.90 Å². The van der Waals surface area contributed by atoms with Crippen molar-refractivity contribution in [3.8, 4) is 5.75 Å². The third kappa shape index (κ3) is 2.59. The molecular weight excluding hydrogens is 342 g/mol. The molecule has 1 unspecified atom stereocenters. The van der Waals surface area contributed by atoms with Crippen LogP contribution in [0.25, 0.3) is 0 Å². The summed E-state index contributed by atoms with van der Waals surface area (Å²) in [6.07, 6.45) is -0.743. The molecule has 4 nitrogen and oxygen atoms in total. The minimum Gasteiger partial charge on any atom is -0.491 e. The highest BCUT2D eigenvalue weighted by atomic mass is 79.9. The van der Waals surface area contributed by atoms with E-state index in [0.717, 1.165) is 8.66 Å². The lowest BCUT2D eigenvalue weighted by atomic mass is 10.0. The van der Waals surface area contributed by atoms with Gasteiger partial charge in [-0.2, -0.15) is 0 Å². The molecule has 1 aromatic heterocycles. The van der Waals surface area contributed by atoms with E-state index in [2.05, 4.69) is 21.2 Å². The number of nitrogens with one attached hydrogen (secondary N) is 1. The number of rotatable bonds is 2. The fourth-order valence-corrected chi connectivity index (χ4v) is 3.52. The second-order valence-corrected chi connectivity index (χ2v) is 6.90. The smallest absolute Gasteiger partial charge is 0.255 e. The lowest BCUT2D eigenvalue weighted by Crippen LogP contribution is -2.24. The van der Waals surface area contributed by atoms with Gasteiger partial charge in [0.05, 0.1) is 15.9 Å². The molecule has 6 heteroatoms. The summed E-state index contributed by atoms with van der Waals surface area (Å²) < 4.78 is 6.45. The first-order valence-corrected chi connectivity index (χ1v) is 7.74. The van der Waals surface area contributed by atoms with Crippen molar-refractivity contribution in [2.24, 2.45) is 0 Å². The van der Waals surface area contributed by atoms with Gasteiger partial charge in [0.25, 0.3) is 5.91 Å². The van der Waals surface area contributed by atoms with E-state index in [1.165, 1.54) is 11.3 Å². The molecule has 0 saturated heterocycles. The molecule has 2 heterocycles. The summed E-state index contributed by atoms with van der Waals surface area (Å²) in [6, 6.07) is 8.97. The first-order chi connectivity index (χ1) is 9.65. The van der Waals surface area contributed by atoms with Gasteiger partial charge in [-0.05, 0) is 45.8 Å². The van der Waals surface area contributed by atoms with Crippen LogP contribution in [0, 0.1) is 0 Å². The summed E-state index contributed by atoms with van der Waals surface area (Å²) in [5, 5.41) is 13.1. The maximum atomic E-state index is 11.9. The van der Waals surface area contributed by atoms with Crippen molar-refractivity contribution in [1.82, 2.24) is 5.32 Å². The number of halogens is 1. The van der Waals surface area contributed by atoms with Crippen LogP contribution in [-0.4, -0.2) is 24.2 Å². The van der Waals surface area contributed by atoms with Gasteiger partial charge >= 0.3 is 0 Å². The predicted molar refractivity (Wildman–Crippen MR) is 80.4 cm³/mol. The molecule has 0 spiro atoms. The Kier molecular flexibility index (Phi) is 3.78. The van der Waals surface area contributed by atoms with Crippen molar-refractivity contribution in [1.29, 1.82) is 0 Å². The van der Waals surface area contributed by atoms with Gasteiger partial charge in [-0.25, -0.2) is 0 Å². The van der Waals surface area contributed by atoms with E-state index < -0.39 is 6.10 Å². The van der Waals surface area contributed by atoms with Gasteiger partial charge in [0.15, 0.2) is 0 Å². The first kappa shape index (κ1) is 13.6. The number of carbonyl (C=O) groups excluding carboxylic acids is 1. The second kappa shape index (κ2) is 5.55. The molecule has 1 atom stereocenters. The Morgan fingerprint density at radius 1 is 1.35 bits per heavy atom. The van der Waals surface area contributed by atoms with Crippen molar-refractivity contribution in [3.05, 3.63) is 50.1 Å². The zero-order valence-electron chi connectivity index (χ0n) is 10.4. The zero-order chi connectivity index (χ0) is 14.1. The van der Waals surface area contributed by atoms with Crippen LogP contribution < -0.4 is 10.1 Å². The molecule has 2 aromatic rings. The fourth-order valence-electron chi connectivity index (χ4n) is 2.08. The molecule has 2 N–H and O–H groups in total. The molecule has 1 amide bonds. The number of thiophene rings is 1. The fraction of sp³-hybridized carbons (Fsp3) is 0.214. The minimum atomic E-state index is -0.743. The summed E-state index contributed by atoms with van der Waals surface area (Å²) in [7, 11) is 0. The van der Waals surface area contributed by atoms with Crippen LogP contribution in [0.5, 0.6) is 5.75 Å². The number of amides is 1. The average Bonchev–Trinajstić information content (AvgIpc) is 2.80. The van der Waals surface area contributed by atoms with Crippen molar-refractivity contribution < 1.29 is 14.6 Å². The second-order valence-electron chi connectivity index (χ2n) is 4.40. The standard InChI is InChI=1S/C14H12BrNO3S/c15-12-4-3-11(20-12)13(17)8-1-2-10-9(7-8)14(18)16-5-6-19-10/h1-4,7,13,17H,5-6H2,(H,16,18). The van der Waals surface area contributed by atoms with Gasteiger partial charge in [-0.15, -0.1) is 11.3 Å². The van der Waals surface area contributed by atoms with Crippen LogP contribution >= 0.6 is 27.3 Å². The SMILES string of the molecule is O=C1NCCOc2ccc(C(O)c3ccc(Br)s3)cc21. The Morgan fingerprint density at radius 2 is 2.20 bits per heavy atom. The number of ether oxygens (including phenoxy) is 1.